The van der Waals surface area contributed by atoms with Crippen LogP contribution in [0.25, 0.3) is 0 Å². The summed E-state index contributed by atoms with van der Waals surface area (Å²) in [5.74, 6) is 0.675. The Balaban J connectivity index is 0.00000100. The number of carbonyl (C=O) groups excluding carboxylic acids is 1. The Bertz CT molecular complexity index is 1500. The quantitative estimate of drug-likeness (QED) is 0.320. The van der Waals surface area contributed by atoms with Crippen LogP contribution >= 0.6 is 11.3 Å². The molecule has 1 saturated carbocycles. The molecule has 4 heterocycles. The number of benzene rings is 2. The Kier molecular flexibility index (Phi) is 11.8. The number of ether oxygens (including phenoxy) is 2. The lowest BCUT2D eigenvalue weighted by molar-refractivity contribution is -0.119. The third-order valence-electron chi connectivity index (χ3n) is 8.19. The van der Waals surface area contributed by atoms with E-state index in [1.807, 2.05) is 89.3 Å². The molecule has 0 radical (unpaired) electrons. The van der Waals surface area contributed by atoms with E-state index in [0.29, 0.717) is 25.0 Å². The van der Waals surface area contributed by atoms with Crippen LogP contribution in [0.5, 0.6) is 0 Å². The van der Waals surface area contributed by atoms with Gasteiger partial charge in [-0.15, -0.1) is 16.4 Å². The van der Waals surface area contributed by atoms with Crippen molar-refractivity contribution < 1.29 is 14.3 Å². The standard InChI is InChI=1S/C31H35N7O3S.2C2H6/c1-37-31(35-26-27(39)32-23-15-9-8-14-22(23)24(33-26)20-10-4-2-5-11-20)41-28(36-37)25-30(38-16-18-40-19-17-38)42-29(34-25)21-12-6-3-7-13-21;2*1-2/h2,4-5,8-11,14-15,21,26,31,35H,3,6-7,12-13,16-19H2,1H3,(H,32,39);2*1-2H3. The number of hydrogen-bond acceptors (Lipinski definition) is 10. The van der Waals surface area contributed by atoms with Gasteiger partial charge in [0, 0.05) is 37.2 Å². The SMILES string of the molecule is CC.CC.CN1N=C(c2nc(C3CCCCC3)sc2N2CCOCC2)OC1NC1N=C(c2ccccc2)c2ccccc2NC1=O. The number of hydrogen-bond donors (Lipinski definition) is 2. The van der Waals surface area contributed by atoms with E-state index in [1.165, 1.54) is 32.1 Å². The maximum Gasteiger partial charge on any atom is 0.264 e. The fourth-order valence-electron chi connectivity index (χ4n) is 5.95. The minimum atomic E-state index is -0.901. The van der Waals surface area contributed by atoms with E-state index in [1.54, 1.807) is 16.3 Å². The molecule has 1 saturated heterocycles. The summed E-state index contributed by atoms with van der Waals surface area (Å²) in [6, 6.07) is 17.6. The first-order valence-electron chi connectivity index (χ1n) is 16.8. The highest BCUT2D eigenvalue weighted by Gasteiger charge is 2.36. The van der Waals surface area contributed by atoms with Gasteiger partial charge in [0.1, 0.15) is 5.00 Å². The van der Waals surface area contributed by atoms with E-state index in [4.69, 9.17) is 24.6 Å². The lowest BCUT2D eigenvalue weighted by atomic mass is 9.90. The van der Waals surface area contributed by atoms with Gasteiger partial charge in [-0.05, 0) is 18.9 Å². The summed E-state index contributed by atoms with van der Waals surface area (Å²) < 4.78 is 12.0. The summed E-state index contributed by atoms with van der Waals surface area (Å²) in [5.41, 5.74) is 4.02. The van der Waals surface area contributed by atoms with Crippen LogP contribution in [0.15, 0.2) is 64.7 Å². The van der Waals surface area contributed by atoms with Crippen LogP contribution in [0, 0.1) is 0 Å². The molecule has 2 unspecified atom stereocenters. The Hall–Kier alpha value is -3.80. The summed E-state index contributed by atoms with van der Waals surface area (Å²) in [6.45, 7) is 11.0. The van der Waals surface area contributed by atoms with Crippen LogP contribution in [-0.4, -0.2) is 73.4 Å². The molecule has 3 aromatic rings. The van der Waals surface area contributed by atoms with E-state index in [9.17, 15) is 4.79 Å². The number of nitrogens with zero attached hydrogens (tertiary/aromatic N) is 5. The molecule has 246 valence electrons. The molecule has 2 fully saturated rings. The number of benzodiazepines with no additional fused rings is 1. The van der Waals surface area contributed by atoms with E-state index >= 15 is 0 Å². The maximum absolute atomic E-state index is 13.4. The van der Waals surface area contributed by atoms with Gasteiger partial charge < -0.3 is 19.7 Å². The lowest BCUT2D eigenvalue weighted by Gasteiger charge is -2.28. The molecule has 11 heteroatoms. The third kappa shape index (κ3) is 7.43. The Morgan fingerprint density at radius 3 is 2.37 bits per heavy atom. The highest BCUT2D eigenvalue weighted by molar-refractivity contribution is 7.16. The van der Waals surface area contributed by atoms with Crippen molar-refractivity contribution in [3.8, 4) is 0 Å². The normalized spacial score (nSPS) is 21.3. The number of thiazole rings is 1. The Labute approximate surface area is 276 Å². The number of rotatable bonds is 6. The van der Waals surface area contributed by atoms with Crippen molar-refractivity contribution in [1.29, 1.82) is 0 Å². The molecule has 1 aliphatic carbocycles. The Morgan fingerprint density at radius 2 is 1.63 bits per heavy atom. The van der Waals surface area contributed by atoms with E-state index < -0.39 is 12.5 Å². The number of anilines is 2. The number of carbonyl (C=O) groups is 1. The van der Waals surface area contributed by atoms with Crippen LogP contribution in [0.1, 0.15) is 87.5 Å². The molecular formula is C35H47N7O3S. The summed E-state index contributed by atoms with van der Waals surface area (Å²) >= 11 is 1.77. The fourth-order valence-corrected chi connectivity index (χ4v) is 7.23. The molecule has 2 atom stereocenters. The number of nitrogens with one attached hydrogen (secondary N) is 2. The van der Waals surface area contributed by atoms with Gasteiger partial charge in [-0.3, -0.25) is 9.79 Å². The lowest BCUT2D eigenvalue weighted by Crippen LogP contribution is -2.49. The predicted molar refractivity (Wildman–Crippen MR) is 187 cm³/mol. The first-order valence-corrected chi connectivity index (χ1v) is 17.6. The highest BCUT2D eigenvalue weighted by atomic mass is 32.1. The topological polar surface area (TPSA) is 104 Å². The number of fused-ring (bicyclic) bond motifs is 1. The highest BCUT2D eigenvalue weighted by Crippen LogP contribution is 2.40. The van der Waals surface area contributed by atoms with E-state index in [2.05, 4.69) is 15.5 Å². The predicted octanol–water partition coefficient (Wildman–Crippen LogP) is 6.39. The van der Waals surface area contributed by atoms with Crippen LogP contribution in [0.4, 0.5) is 10.7 Å². The van der Waals surface area contributed by atoms with Crippen molar-refractivity contribution in [3.63, 3.8) is 0 Å². The molecule has 2 aromatic carbocycles. The van der Waals surface area contributed by atoms with E-state index in [-0.39, 0.29) is 5.91 Å². The number of morpholine rings is 1. The number of para-hydroxylation sites is 1. The van der Waals surface area contributed by atoms with Crippen LogP contribution in [-0.2, 0) is 14.3 Å². The zero-order valence-corrected chi connectivity index (χ0v) is 28.5. The molecule has 4 aliphatic rings. The van der Waals surface area contributed by atoms with Crippen molar-refractivity contribution in [2.24, 2.45) is 10.1 Å². The first-order chi connectivity index (χ1) is 22.6. The van der Waals surface area contributed by atoms with Gasteiger partial charge in [0.15, 0.2) is 11.9 Å². The van der Waals surface area contributed by atoms with Gasteiger partial charge in [-0.1, -0.05) is 95.5 Å². The molecular weight excluding hydrogens is 598 g/mol. The van der Waals surface area contributed by atoms with Gasteiger partial charge >= 0.3 is 0 Å². The van der Waals surface area contributed by atoms with Crippen molar-refractivity contribution in [1.82, 2.24) is 15.3 Å². The Morgan fingerprint density at radius 1 is 0.935 bits per heavy atom. The molecule has 10 nitrogen and oxygen atoms in total. The molecule has 1 aromatic heterocycles. The molecule has 2 N–H and O–H groups in total. The summed E-state index contributed by atoms with van der Waals surface area (Å²) in [4.78, 5) is 25.8. The second kappa shape index (κ2) is 16.2. The smallest absolute Gasteiger partial charge is 0.264 e. The zero-order valence-electron chi connectivity index (χ0n) is 27.7. The number of hydrazone groups is 1. The van der Waals surface area contributed by atoms with Crippen molar-refractivity contribution in [3.05, 3.63) is 76.4 Å². The van der Waals surface area contributed by atoms with Gasteiger partial charge in [0.05, 0.1) is 29.6 Å². The van der Waals surface area contributed by atoms with Gasteiger partial charge in [-0.25, -0.2) is 15.3 Å². The summed E-state index contributed by atoms with van der Waals surface area (Å²) in [7, 11) is 1.83. The van der Waals surface area contributed by atoms with Crippen molar-refractivity contribution in [2.75, 3.05) is 43.6 Å². The fraction of sp³-hybridized carbons (Fsp3) is 0.486. The minimum absolute atomic E-state index is 0.263. The maximum atomic E-state index is 13.4. The first kappa shape index (κ1) is 33.6. The molecule has 0 bridgehead atoms. The zero-order chi connectivity index (χ0) is 32.5. The van der Waals surface area contributed by atoms with Gasteiger partial charge in [-0.2, -0.15) is 0 Å². The largest absolute Gasteiger partial charge is 0.435 e. The second-order valence-corrected chi connectivity index (χ2v) is 12.0. The van der Waals surface area contributed by atoms with E-state index in [0.717, 1.165) is 51.3 Å². The minimum Gasteiger partial charge on any atom is -0.435 e. The monoisotopic (exact) mass is 645 g/mol. The molecule has 3 aliphatic heterocycles. The summed E-state index contributed by atoms with van der Waals surface area (Å²) in [6.07, 6.45) is 4.54. The van der Waals surface area contributed by atoms with Crippen molar-refractivity contribution >= 4 is 39.5 Å². The van der Waals surface area contributed by atoms with Gasteiger partial charge in [0.2, 0.25) is 6.35 Å². The average Bonchev–Trinajstić information content (AvgIpc) is 3.70. The van der Waals surface area contributed by atoms with Crippen LogP contribution in [0.3, 0.4) is 0 Å². The van der Waals surface area contributed by atoms with Crippen LogP contribution < -0.4 is 15.5 Å². The molecule has 7 rings (SSSR count). The molecule has 1 amide bonds. The number of amides is 1. The number of aliphatic imine (C=N–C) groups is 1. The summed E-state index contributed by atoms with van der Waals surface area (Å²) in [5, 5.41) is 15.0. The van der Waals surface area contributed by atoms with Crippen molar-refractivity contribution in [2.45, 2.75) is 78.2 Å². The second-order valence-electron chi connectivity index (χ2n) is 11.0. The molecule has 0 spiro atoms. The third-order valence-corrected chi connectivity index (χ3v) is 9.47. The number of aromatic nitrogens is 1. The average molecular weight is 646 g/mol. The molecule has 46 heavy (non-hydrogen) atoms. The van der Waals surface area contributed by atoms with Crippen LogP contribution in [0.2, 0.25) is 0 Å². The van der Waals surface area contributed by atoms with Gasteiger partial charge in [0.25, 0.3) is 11.8 Å².